The number of rotatable bonds is 4. The SMILES string of the molecule is CC1(C)C(/C=C(\Cl)C(F)(F)F)C1C(=O)OCc1c(Cl)c(F)nc(F)c1Cl. The molecule has 0 aliphatic heterocycles. The molecule has 1 aliphatic carbocycles. The van der Waals surface area contributed by atoms with Crippen molar-refractivity contribution < 1.29 is 31.5 Å². The summed E-state index contributed by atoms with van der Waals surface area (Å²) in [5.41, 5.74) is -1.16. The van der Waals surface area contributed by atoms with Gasteiger partial charge in [-0.3, -0.25) is 4.79 Å². The number of aromatic nitrogens is 1. The number of carbonyl (C=O) groups is 1. The molecule has 144 valence electrons. The van der Waals surface area contributed by atoms with Crippen molar-refractivity contribution in [1.82, 2.24) is 4.98 Å². The minimum absolute atomic E-state index is 0.328. The van der Waals surface area contributed by atoms with Crippen molar-refractivity contribution in [2.75, 3.05) is 0 Å². The highest BCUT2D eigenvalue weighted by Gasteiger charge is 2.62. The molecule has 2 atom stereocenters. The monoisotopic (exact) mass is 437 g/mol. The zero-order chi connectivity index (χ0) is 20.0. The van der Waals surface area contributed by atoms with Crippen molar-refractivity contribution >= 4 is 40.8 Å². The van der Waals surface area contributed by atoms with Gasteiger partial charge >= 0.3 is 12.1 Å². The van der Waals surface area contributed by atoms with Crippen LogP contribution in [0.3, 0.4) is 0 Å². The van der Waals surface area contributed by atoms with E-state index in [0.717, 1.165) is 6.08 Å². The van der Waals surface area contributed by atoms with E-state index in [9.17, 15) is 26.7 Å². The summed E-state index contributed by atoms with van der Waals surface area (Å²) in [7, 11) is 0. The molecule has 1 aromatic rings. The Labute approximate surface area is 160 Å². The lowest BCUT2D eigenvalue weighted by molar-refractivity contribution is -0.147. The number of esters is 1. The molecule has 1 aromatic heterocycles. The van der Waals surface area contributed by atoms with E-state index in [1.165, 1.54) is 0 Å². The summed E-state index contributed by atoms with van der Waals surface area (Å²) in [6.07, 6.45) is -3.97. The van der Waals surface area contributed by atoms with E-state index in [2.05, 4.69) is 4.98 Å². The third kappa shape index (κ3) is 4.07. The summed E-state index contributed by atoms with van der Waals surface area (Å²) in [4.78, 5) is 15.0. The Morgan fingerprint density at radius 1 is 1.23 bits per heavy atom. The van der Waals surface area contributed by atoms with Crippen LogP contribution < -0.4 is 0 Å². The Bertz CT molecular complexity index is 753. The Kier molecular flexibility index (Phi) is 5.81. The molecule has 0 amide bonds. The predicted molar refractivity (Wildman–Crippen MR) is 84.7 cm³/mol. The summed E-state index contributed by atoms with van der Waals surface area (Å²) in [6.45, 7) is 2.46. The first kappa shape index (κ1) is 21.2. The molecule has 1 fully saturated rings. The van der Waals surface area contributed by atoms with Crippen LogP contribution in [0.1, 0.15) is 19.4 Å². The molecule has 1 heterocycles. The Hall–Kier alpha value is -1.12. The Balaban J connectivity index is 2.13. The molecule has 0 saturated heterocycles. The maximum Gasteiger partial charge on any atom is 0.426 e. The van der Waals surface area contributed by atoms with E-state index in [4.69, 9.17) is 39.5 Å². The van der Waals surface area contributed by atoms with Crippen molar-refractivity contribution in [3.8, 4) is 0 Å². The van der Waals surface area contributed by atoms with Crippen LogP contribution in [0.15, 0.2) is 11.1 Å². The lowest BCUT2D eigenvalue weighted by Gasteiger charge is -2.09. The van der Waals surface area contributed by atoms with Gasteiger partial charge in [-0.25, -0.2) is 0 Å². The molecule has 1 saturated carbocycles. The molecule has 11 heteroatoms. The van der Waals surface area contributed by atoms with Crippen molar-refractivity contribution in [3.63, 3.8) is 0 Å². The smallest absolute Gasteiger partial charge is 0.426 e. The molecule has 1 aliphatic rings. The van der Waals surface area contributed by atoms with E-state index >= 15 is 0 Å². The third-order valence-corrected chi connectivity index (χ3v) is 5.32. The lowest BCUT2D eigenvalue weighted by Crippen LogP contribution is -2.12. The van der Waals surface area contributed by atoms with Gasteiger partial charge in [0.25, 0.3) is 0 Å². The summed E-state index contributed by atoms with van der Waals surface area (Å²) in [5.74, 6) is -5.24. The molecular weight excluding hydrogens is 428 g/mol. The zero-order valence-electron chi connectivity index (χ0n) is 13.2. The van der Waals surface area contributed by atoms with Crippen LogP contribution in [0.25, 0.3) is 0 Å². The minimum atomic E-state index is -4.72. The molecule has 26 heavy (non-hydrogen) atoms. The van der Waals surface area contributed by atoms with Crippen LogP contribution in [-0.4, -0.2) is 17.1 Å². The first-order chi connectivity index (χ1) is 11.8. The maximum atomic E-state index is 13.3. The predicted octanol–water partition coefficient (Wildman–Crippen LogP) is 5.67. The van der Waals surface area contributed by atoms with Crippen LogP contribution in [0.2, 0.25) is 10.0 Å². The van der Waals surface area contributed by atoms with E-state index in [1.807, 2.05) is 0 Å². The summed E-state index contributed by atoms with van der Waals surface area (Å²) >= 11 is 16.4. The highest BCUT2D eigenvalue weighted by atomic mass is 35.5. The number of ether oxygens (including phenoxy) is 1. The third-order valence-electron chi connectivity index (χ3n) is 4.21. The van der Waals surface area contributed by atoms with Gasteiger partial charge in [0.05, 0.1) is 5.92 Å². The molecule has 2 rings (SSSR count). The number of alkyl halides is 3. The molecule has 0 radical (unpaired) electrons. The number of hydrogen-bond donors (Lipinski definition) is 0. The van der Waals surface area contributed by atoms with Gasteiger partial charge in [-0.15, -0.1) is 0 Å². The van der Waals surface area contributed by atoms with E-state index in [-0.39, 0.29) is 5.56 Å². The molecule has 0 spiro atoms. The van der Waals surface area contributed by atoms with Crippen molar-refractivity contribution in [2.24, 2.45) is 17.3 Å². The number of hydrogen-bond acceptors (Lipinski definition) is 3. The molecule has 0 N–H and O–H groups in total. The Morgan fingerprint density at radius 3 is 2.19 bits per heavy atom. The first-order valence-electron chi connectivity index (χ1n) is 7.08. The Morgan fingerprint density at radius 2 is 1.73 bits per heavy atom. The highest BCUT2D eigenvalue weighted by molar-refractivity contribution is 6.35. The minimum Gasteiger partial charge on any atom is -0.460 e. The van der Waals surface area contributed by atoms with Crippen LogP contribution >= 0.6 is 34.8 Å². The van der Waals surface area contributed by atoms with Crippen molar-refractivity contribution in [1.29, 1.82) is 0 Å². The quantitative estimate of drug-likeness (QED) is 0.346. The van der Waals surface area contributed by atoms with Gasteiger partial charge in [0.15, 0.2) is 0 Å². The van der Waals surface area contributed by atoms with Gasteiger partial charge in [-0.1, -0.05) is 54.7 Å². The molecule has 3 nitrogen and oxygen atoms in total. The first-order valence-corrected chi connectivity index (χ1v) is 8.21. The molecule has 0 aromatic carbocycles. The second-order valence-electron chi connectivity index (χ2n) is 6.24. The average Bonchev–Trinajstić information content (AvgIpc) is 3.04. The fraction of sp³-hybridized carbons (Fsp3) is 0.467. The normalized spacial score (nSPS) is 22.3. The largest absolute Gasteiger partial charge is 0.460 e. The van der Waals surface area contributed by atoms with Gasteiger partial charge in [0, 0.05) is 5.56 Å². The van der Waals surface area contributed by atoms with Gasteiger partial charge in [0.1, 0.15) is 21.7 Å². The van der Waals surface area contributed by atoms with Gasteiger partial charge < -0.3 is 4.74 Å². The number of halogens is 8. The summed E-state index contributed by atoms with van der Waals surface area (Å²) < 4.78 is 69.2. The highest BCUT2D eigenvalue weighted by Crippen LogP contribution is 2.60. The molecule has 2 unspecified atom stereocenters. The van der Waals surface area contributed by atoms with Crippen molar-refractivity contribution in [2.45, 2.75) is 26.6 Å². The number of pyridine rings is 1. The average molecular weight is 439 g/mol. The number of carbonyl (C=O) groups excluding carboxylic acids is 1. The topological polar surface area (TPSA) is 39.2 Å². The maximum absolute atomic E-state index is 13.3. The number of allylic oxidation sites excluding steroid dienone is 2. The van der Waals surface area contributed by atoms with Crippen LogP contribution in [-0.2, 0) is 16.1 Å². The molecule has 0 bridgehead atoms. The van der Waals surface area contributed by atoms with Crippen molar-refractivity contribution in [3.05, 3.63) is 38.6 Å². The zero-order valence-corrected chi connectivity index (χ0v) is 15.5. The number of nitrogens with zero attached hydrogens (tertiary/aromatic N) is 1. The lowest BCUT2D eigenvalue weighted by atomic mass is 10.1. The fourth-order valence-corrected chi connectivity index (χ4v) is 3.15. The van der Waals surface area contributed by atoms with Gasteiger partial charge in [-0.2, -0.15) is 26.9 Å². The fourth-order valence-electron chi connectivity index (χ4n) is 2.58. The van der Waals surface area contributed by atoms with E-state index in [1.54, 1.807) is 13.8 Å². The second kappa shape index (κ2) is 7.13. The van der Waals surface area contributed by atoms with Gasteiger partial charge in [-0.05, 0) is 11.3 Å². The molecular formula is C15H11Cl3F5NO2. The van der Waals surface area contributed by atoms with E-state index < -0.39 is 63.0 Å². The second-order valence-corrected chi connectivity index (χ2v) is 7.41. The standard InChI is InChI=1S/C15H11Cl3F5NO2/c1-14(2)6(3-7(16)15(21,22)23)8(14)13(25)26-4-5-9(17)11(19)24-12(20)10(5)18/h3,6,8H,4H2,1-2H3/b7-3-. The van der Waals surface area contributed by atoms with Crippen LogP contribution in [0.4, 0.5) is 22.0 Å². The van der Waals surface area contributed by atoms with E-state index in [0.29, 0.717) is 0 Å². The summed E-state index contributed by atoms with van der Waals surface area (Å²) in [5, 5.41) is -2.57. The van der Waals surface area contributed by atoms with Crippen LogP contribution in [0.5, 0.6) is 0 Å². The summed E-state index contributed by atoms with van der Waals surface area (Å²) in [6, 6.07) is 0. The van der Waals surface area contributed by atoms with Gasteiger partial charge in [0.2, 0.25) is 11.9 Å². The van der Waals surface area contributed by atoms with Crippen LogP contribution in [0, 0.1) is 29.1 Å².